The second-order valence-electron chi connectivity index (χ2n) is 2.86. The molecule has 0 atom stereocenters. The van der Waals surface area contributed by atoms with Crippen molar-refractivity contribution in [2.75, 3.05) is 0 Å². The zero-order chi connectivity index (χ0) is 10.5. The predicted octanol–water partition coefficient (Wildman–Crippen LogP) is 0.350. The van der Waals surface area contributed by atoms with Crippen molar-refractivity contribution in [2.45, 2.75) is 24.4 Å². The molecule has 0 saturated heterocycles. The van der Waals surface area contributed by atoms with Crippen LogP contribution in [0.15, 0.2) is 0 Å². The second kappa shape index (κ2) is 2.68. The summed E-state index contributed by atoms with van der Waals surface area (Å²) >= 11 is 0. The van der Waals surface area contributed by atoms with E-state index in [0.717, 1.165) is 0 Å². The molecule has 0 heterocycles. The van der Waals surface area contributed by atoms with Crippen LogP contribution >= 0.6 is 7.60 Å². The Kier molecular flexibility index (Phi) is 2.25. The van der Waals surface area contributed by atoms with Crippen LogP contribution in [0.1, 0.15) is 12.8 Å². The van der Waals surface area contributed by atoms with Crippen LogP contribution in [-0.4, -0.2) is 26.4 Å². The second-order valence-corrected chi connectivity index (χ2v) is 4.78. The van der Waals surface area contributed by atoms with E-state index in [1.165, 1.54) is 0 Å². The van der Waals surface area contributed by atoms with Gasteiger partial charge in [-0.3, -0.25) is 10.4 Å². The first-order chi connectivity index (χ1) is 5.61. The quantitative estimate of drug-likeness (QED) is 0.270. The lowest BCUT2D eigenvalue weighted by Gasteiger charge is -2.29. The highest BCUT2D eigenvalue weighted by atomic mass is 31.2. The van der Waals surface area contributed by atoms with Crippen LogP contribution in [0.3, 0.4) is 0 Å². The fraction of sp³-hybridized carbons (Fsp3) is 1.00. The van der Waals surface area contributed by atoms with Crippen molar-refractivity contribution in [1.29, 1.82) is 0 Å². The maximum absolute atomic E-state index is 12.0. The van der Waals surface area contributed by atoms with Crippen LogP contribution < -0.4 is 5.84 Å². The molecule has 0 amide bonds. The molecule has 1 fully saturated rings. The van der Waals surface area contributed by atoms with Gasteiger partial charge in [0, 0.05) is 0 Å². The highest BCUT2D eigenvalue weighted by Crippen LogP contribution is 2.67. The highest BCUT2D eigenvalue weighted by Gasteiger charge is 2.66. The van der Waals surface area contributed by atoms with Gasteiger partial charge in [-0.25, -0.2) is 0 Å². The van der Waals surface area contributed by atoms with E-state index < -0.39 is 24.2 Å². The Hall–Kier alpha value is -0.140. The minimum absolute atomic E-state index is 0.243. The summed E-state index contributed by atoms with van der Waals surface area (Å²) in [5.74, 6) is 4.59. The molecule has 0 aromatic rings. The molecule has 1 saturated carbocycles. The first-order valence-electron chi connectivity index (χ1n) is 3.29. The Morgan fingerprint density at radius 1 is 1.38 bits per heavy atom. The number of nitrogens with two attached hydrogens (primary N) is 1. The van der Waals surface area contributed by atoms with Crippen LogP contribution in [0.2, 0.25) is 0 Å². The van der Waals surface area contributed by atoms with Crippen LogP contribution in [0.25, 0.3) is 0 Å². The zero-order valence-corrected chi connectivity index (χ0v) is 7.22. The Bertz CT molecular complexity index is 258. The van der Waals surface area contributed by atoms with E-state index >= 15 is 0 Å². The summed E-state index contributed by atoms with van der Waals surface area (Å²) in [5.41, 5.74) is 0. The first kappa shape index (κ1) is 10.9. The molecule has 0 aromatic heterocycles. The fourth-order valence-corrected chi connectivity index (χ4v) is 2.11. The van der Waals surface area contributed by atoms with Gasteiger partial charge in [-0.2, -0.15) is 13.2 Å². The number of rotatable bonds is 2. The third kappa shape index (κ3) is 1.72. The molecule has 5 nitrogen and oxygen atoms in total. The summed E-state index contributed by atoms with van der Waals surface area (Å²) in [6.45, 7) is 0. The van der Waals surface area contributed by atoms with Gasteiger partial charge >= 0.3 is 13.9 Å². The number of alkyl halides is 3. The van der Waals surface area contributed by atoms with Crippen molar-refractivity contribution in [3.63, 3.8) is 0 Å². The molecule has 0 bridgehead atoms. The summed E-state index contributed by atoms with van der Waals surface area (Å²) in [6, 6.07) is 0. The average molecular weight is 220 g/mol. The zero-order valence-electron chi connectivity index (χ0n) is 6.32. The van der Waals surface area contributed by atoms with Crippen molar-refractivity contribution in [3.8, 4) is 0 Å². The third-order valence-corrected chi connectivity index (χ3v) is 3.71. The molecule has 1 aliphatic carbocycles. The molecule has 0 radical (unpaired) electrons. The van der Waals surface area contributed by atoms with Crippen LogP contribution in [-0.2, 0) is 4.57 Å². The topological polar surface area (TPSA) is 86.8 Å². The molecule has 1 aliphatic rings. The van der Waals surface area contributed by atoms with Crippen LogP contribution in [0.4, 0.5) is 13.2 Å². The summed E-state index contributed by atoms with van der Waals surface area (Å²) < 4.78 is 46.6. The molecule has 0 unspecified atom stereocenters. The minimum atomic E-state index is -4.92. The van der Waals surface area contributed by atoms with Gasteiger partial charge < -0.3 is 9.79 Å². The molecule has 13 heavy (non-hydrogen) atoms. The van der Waals surface area contributed by atoms with Gasteiger partial charge in [0.15, 0.2) is 0 Å². The molecule has 4 N–H and O–H groups in total. The molecule has 0 aliphatic heterocycles. The van der Waals surface area contributed by atoms with Gasteiger partial charge in [0.1, 0.15) is 5.28 Å². The van der Waals surface area contributed by atoms with Crippen molar-refractivity contribution >= 4 is 7.60 Å². The number of halogens is 3. The van der Waals surface area contributed by atoms with Gasteiger partial charge in [0.2, 0.25) is 0 Å². The maximum Gasteiger partial charge on any atom is 0.474 e. The lowest BCUT2D eigenvalue weighted by molar-refractivity contribution is -0.257. The molecular formula is C4H8F3N2O3P. The lowest BCUT2D eigenvalue weighted by atomic mass is 10.6. The fourth-order valence-electron chi connectivity index (χ4n) is 1.02. The van der Waals surface area contributed by atoms with E-state index in [2.05, 4.69) is 5.84 Å². The molecular weight excluding hydrogens is 212 g/mol. The molecule has 0 aromatic carbocycles. The Balaban J connectivity index is 2.90. The summed E-state index contributed by atoms with van der Waals surface area (Å²) in [6.07, 6.45) is -5.40. The van der Waals surface area contributed by atoms with Crippen LogP contribution in [0.5, 0.6) is 0 Å². The summed E-state index contributed by atoms with van der Waals surface area (Å²) in [7, 11) is -4.83. The molecule has 78 valence electrons. The smallest absolute Gasteiger partial charge is 0.323 e. The van der Waals surface area contributed by atoms with E-state index in [1.807, 2.05) is 0 Å². The van der Waals surface area contributed by atoms with Gasteiger partial charge in [-0.05, 0) is 12.8 Å². The summed E-state index contributed by atoms with van der Waals surface area (Å²) in [5, 5.41) is -2.91. The van der Waals surface area contributed by atoms with Crippen molar-refractivity contribution in [1.82, 2.24) is 5.01 Å². The predicted molar refractivity (Wildman–Crippen MR) is 36.1 cm³/mol. The maximum atomic E-state index is 12.0. The Morgan fingerprint density at radius 2 is 1.77 bits per heavy atom. The molecule has 0 spiro atoms. The Morgan fingerprint density at radius 3 is 1.85 bits per heavy atom. The highest BCUT2D eigenvalue weighted by molar-refractivity contribution is 7.53. The number of nitrogens with zero attached hydrogens (tertiary/aromatic N) is 1. The van der Waals surface area contributed by atoms with E-state index in [9.17, 15) is 17.7 Å². The van der Waals surface area contributed by atoms with E-state index in [1.54, 1.807) is 0 Å². The average Bonchev–Trinajstić information content (AvgIpc) is 2.60. The third-order valence-electron chi connectivity index (χ3n) is 1.96. The normalized spacial score (nSPS) is 22.1. The number of hydrogen-bond donors (Lipinski definition) is 3. The monoisotopic (exact) mass is 220 g/mol. The SMILES string of the molecule is NN(C(F)(F)F)C1(P(=O)(O)O)CC1. The van der Waals surface area contributed by atoms with Crippen LogP contribution in [0, 0.1) is 0 Å². The lowest BCUT2D eigenvalue weighted by Crippen LogP contribution is -2.52. The van der Waals surface area contributed by atoms with Gasteiger partial charge in [0.05, 0.1) is 0 Å². The van der Waals surface area contributed by atoms with Crippen molar-refractivity contribution in [3.05, 3.63) is 0 Å². The van der Waals surface area contributed by atoms with E-state index in [-0.39, 0.29) is 12.8 Å². The van der Waals surface area contributed by atoms with Gasteiger partial charge in [-0.1, -0.05) is 0 Å². The molecule has 9 heteroatoms. The van der Waals surface area contributed by atoms with Gasteiger partial charge in [0.25, 0.3) is 0 Å². The number of hydrazine groups is 1. The van der Waals surface area contributed by atoms with Crippen molar-refractivity contribution in [2.24, 2.45) is 5.84 Å². The standard InChI is InChI=1S/C4H8F3N2O3P/c5-4(6,7)9(8)3(1-2-3)13(10,11)12/h1-2,8H2,(H2,10,11,12). The van der Waals surface area contributed by atoms with E-state index in [4.69, 9.17) is 9.79 Å². The first-order valence-corrected chi connectivity index (χ1v) is 4.90. The van der Waals surface area contributed by atoms with E-state index in [0.29, 0.717) is 0 Å². The largest absolute Gasteiger partial charge is 0.474 e. The molecule has 1 rings (SSSR count). The summed E-state index contributed by atoms with van der Waals surface area (Å²) in [4.78, 5) is 17.3. The van der Waals surface area contributed by atoms with Crippen molar-refractivity contribution < 1.29 is 27.5 Å². The number of hydrogen-bond acceptors (Lipinski definition) is 3. The minimum Gasteiger partial charge on any atom is -0.323 e. The Labute approximate surface area is 71.4 Å². The van der Waals surface area contributed by atoms with Gasteiger partial charge in [-0.15, -0.1) is 5.01 Å².